The second-order valence-electron chi connectivity index (χ2n) is 18.1. The van der Waals surface area contributed by atoms with Crippen LogP contribution in [0.4, 0.5) is 22.7 Å². The fourth-order valence-corrected chi connectivity index (χ4v) is 10.0. The van der Waals surface area contributed by atoms with Crippen molar-refractivity contribution < 1.29 is 51.1 Å². The number of pyridine rings is 1. The van der Waals surface area contributed by atoms with Crippen LogP contribution in [-0.2, 0) is 21.1 Å². The van der Waals surface area contributed by atoms with Crippen molar-refractivity contribution in [3.05, 3.63) is 298 Å². The molecule has 0 saturated heterocycles. The van der Waals surface area contributed by atoms with Crippen molar-refractivity contribution in [2.75, 3.05) is 9.80 Å². The fraction of sp³-hybridized carbons (Fsp3) is 0. The molecule has 11 aromatic carbocycles. The van der Waals surface area contributed by atoms with E-state index in [9.17, 15) is 0 Å². The van der Waals surface area contributed by atoms with E-state index in [0.29, 0.717) is 61.7 Å². The SMILES string of the molecule is [2H]c1c([2H])c([2H])c(-c2ccc3c(c2)c2ccc(Oc4[c-]c(N5[CH-]N(c6c(-c7c([2H])c([2H])c([2H])c([2H])c7[2H])cccc6-c6c([2H])c([2H])c([2H])c([2H])c6[2H])c6ccccc65)ccc4)[c-]c2n3-c2cc(Oc3c(-c4ccccc4)cccc3-c3ccccc3)ccn2)c([2H])c1[2H].[Pt]. The average molecular weight is 1210 g/mol. The Labute approximate surface area is 495 Å². The van der Waals surface area contributed by atoms with E-state index in [1.807, 2.05) is 114 Å². The third kappa shape index (κ3) is 9.33. The Hall–Kier alpha value is -9.74. The van der Waals surface area contributed by atoms with Gasteiger partial charge in [0.1, 0.15) is 17.3 Å². The van der Waals surface area contributed by atoms with Gasteiger partial charge in [-0.2, -0.15) is 12.1 Å². The summed E-state index contributed by atoms with van der Waals surface area (Å²) in [4.78, 5) is 8.41. The summed E-state index contributed by atoms with van der Waals surface area (Å²) < 4.78 is 147. The van der Waals surface area contributed by atoms with Gasteiger partial charge in [-0.25, -0.2) is 4.98 Å². The zero-order valence-electron chi connectivity index (χ0n) is 56.4. The molecular weight excluding hydrogens is 1150 g/mol. The second-order valence-corrected chi connectivity index (χ2v) is 18.1. The minimum absolute atomic E-state index is 0. The molecule has 7 heteroatoms. The van der Waals surface area contributed by atoms with Gasteiger partial charge in [0, 0.05) is 89.7 Å². The van der Waals surface area contributed by atoms with Crippen molar-refractivity contribution in [3.8, 4) is 84.5 Å². The first-order valence-electron chi connectivity index (χ1n) is 32.4. The van der Waals surface area contributed by atoms with Gasteiger partial charge in [0.2, 0.25) is 0 Å². The van der Waals surface area contributed by atoms with Gasteiger partial charge in [0.15, 0.2) is 0 Å². The van der Waals surface area contributed by atoms with Gasteiger partial charge in [-0.3, -0.25) is 0 Å². The Morgan fingerprint density at radius 3 is 1.65 bits per heavy atom. The van der Waals surface area contributed by atoms with Crippen molar-refractivity contribution >= 4 is 44.6 Å². The van der Waals surface area contributed by atoms with Gasteiger partial charge in [0.25, 0.3) is 0 Å². The molecule has 0 atom stereocenters. The van der Waals surface area contributed by atoms with Crippen LogP contribution in [0.15, 0.2) is 279 Å². The molecule has 0 N–H and O–H groups in total. The Kier molecular flexibility index (Phi) is 9.41. The third-order valence-corrected chi connectivity index (χ3v) is 13.5. The number of rotatable bonds is 12. The number of nitrogens with zero attached hydrogens (tertiary/aromatic N) is 4. The molecule has 6 nitrogen and oxygen atoms in total. The van der Waals surface area contributed by atoms with E-state index in [-0.39, 0.29) is 78.2 Å². The smallest absolute Gasteiger partial charge is 0.143 e. The van der Waals surface area contributed by atoms with Crippen LogP contribution in [0.25, 0.3) is 83.3 Å². The summed E-state index contributed by atoms with van der Waals surface area (Å²) in [5.74, 6) is 2.02. The number of para-hydroxylation sites is 4. The van der Waals surface area contributed by atoms with Crippen LogP contribution in [-0.4, -0.2) is 9.55 Å². The first-order valence-corrected chi connectivity index (χ1v) is 24.9. The normalized spacial score (nSPS) is 14.5. The van der Waals surface area contributed by atoms with Crippen LogP contribution in [0, 0.1) is 18.8 Å². The predicted octanol–water partition coefficient (Wildman–Crippen LogP) is 19.1. The minimum Gasteiger partial charge on any atom is -0.509 e. The van der Waals surface area contributed by atoms with E-state index in [2.05, 4.69) is 12.1 Å². The number of aromatic nitrogens is 2. The Balaban J connectivity index is 0.00000803. The molecule has 0 spiro atoms. The summed E-state index contributed by atoms with van der Waals surface area (Å²) in [6.45, 7) is 1.69. The maximum atomic E-state index is 9.11. The summed E-state index contributed by atoms with van der Waals surface area (Å²) >= 11 is 0. The monoisotopic (exact) mass is 1210 g/mol. The molecule has 0 amide bonds. The molecule has 2 aromatic heterocycles. The van der Waals surface area contributed by atoms with Crippen molar-refractivity contribution in [2.45, 2.75) is 0 Å². The van der Waals surface area contributed by atoms with Crippen LogP contribution in [0.3, 0.4) is 0 Å². The molecular formula is C72H47N4O2Pt-3. The molecule has 1 aliphatic rings. The van der Waals surface area contributed by atoms with Crippen molar-refractivity contribution in [3.63, 3.8) is 0 Å². The summed E-state index contributed by atoms with van der Waals surface area (Å²) in [5, 5.41) is 1.31. The summed E-state index contributed by atoms with van der Waals surface area (Å²) in [7, 11) is 0. The maximum Gasteiger partial charge on any atom is 0.143 e. The molecule has 380 valence electrons. The van der Waals surface area contributed by atoms with Crippen molar-refractivity contribution in [1.82, 2.24) is 9.55 Å². The molecule has 0 saturated carbocycles. The minimum atomic E-state index is -0.602. The van der Waals surface area contributed by atoms with Crippen LogP contribution in [0.5, 0.6) is 23.0 Å². The molecule has 14 rings (SSSR count). The first-order chi connectivity index (χ1) is 44.9. The van der Waals surface area contributed by atoms with Crippen molar-refractivity contribution in [1.29, 1.82) is 0 Å². The molecule has 0 bridgehead atoms. The van der Waals surface area contributed by atoms with Crippen LogP contribution in [0.2, 0.25) is 0 Å². The largest absolute Gasteiger partial charge is 0.509 e. The number of hydrogen-bond donors (Lipinski definition) is 0. The average Bonchev–Trinajstić information content (AvgIpc) is 1.53. The van der Waals surface area contributed by atoms with Crippen molar-refractivity contribution in [2.24, 2.45) is 0 Å². The zero-order valence-corrected chi connectivity index (χ0v) is 43.7. The van der Waals surface area contributed by atoms with E-state index in [1.165, 1.54) is 0 Å². The second kappa shape index (κ2) is 21.4. The Morgan fingerprint density at radius 1 is 0.430 bits per heavy atom. The molecule has 1 aliphatic heterocycles. The Bertz CT molecular complexity index is 5020. The Morgan fingerprint density at radius 2 is 1.00 bits per heavy atom. The number of fused-ring (bicyclic) bond motifs is 4. The number of benzene rings is 11. The van der Waals surface area contributed by atoms with Crippen LogP contribution >= 0.6 is 0 Å². The standard InChI is InChI=1S/C72H47N4O2.Pt/c1-6-21-50(22-7-1)55-39-42-66-65(45-55)64-41-40-58(47-69(64)76(66)70-48-59(43-44-73-70)78-72-62(53-27-12-4-13-28-53)35-20-36-63(72)54-29-14-5-15-30-54)77-57-32-18-31-56(46-57)74-49-75(68-38-17-16-37-67(68)74)71-60(51-23-8-2-9-24-51)33-19-34-61(71)52-25-10-3-11-26-52;/h1-45,48-49H;/q-3;/i1D,2D,3D,6D,7D,8D,9D,10D,11D,21D,22D,23D,24D,25D,26D;. The van der Waals surface area contributed by atoms with Gasteiger partial charge < -0.3 is 23.8 Å². The van der Waals surface area contributed by atoms with E-state index in [1.54, 1.807) is 95.5 Å². The molecule has 79 heavy (non-hydrogen) atoms. The predicted molar refractivity (Wildman–Crippen MR) is 318 cm³/mol. The molecule has 0 aliphatic carbocycles. The van der Waals surface area contributed by atoms with Gasteiger partial charge >= 0.3 is 0 Å². The van der Waals surface area contributed by atoms with Crippen LogP contribution < -0.4 is 19.3 Å². The number of hydrogen-bond acceptors (Lipinski definition) is 5. The molecule has 0 fully saturated rings. The summed E-state index contributed by atoms with van der Waals surface area (Å²) in [5.41, 5.74) is 6.84. The van der Waals surface area contributed by atoms with E-state index in [4.69, 9.17) is 35.0 Å². The van der Waals surface area contributed by atoms with E-state index >= 15 is 0 Å². The van der Waals surface area contributed by atoms with E-state index < -0.39 is 78.6 Å². The van der Waals surface area contributed by atoms with Gasteiger partial charge in [0.05, 0.1) is 20.6 Å². The summed E-state index contributed by atoms with van der Waals surface area (Å²) in [6.07, 6.45) is 1.65. The van der Waals surface area contributed by atoms with Gasteiger partial charge in [-0.15, -0.1) is 48.1 Å². The summed E-state index contributed by atoms with van der Waals surface area (Å²) in [6, 6.07) is 54.9. The molecule has 13 aromatic rings. The fourth-order valence-electron chi connectivity index (χ4n) is 10.0. The van der Waals surface area contributed by atoms with E-state index in [0.717, 1.165) is 22.3 Å². The quantitative estimate of drug-likeness (QED) is 0.114. The topological polar surface area (TPSA) is 42.8 Å². The van der Waals surface area contributed by atoms with Gasteiger partial charge in [-0.1, -0.05) is 217 Å². The molecule has 0 radical (unpaired) electrons. The van der Waals surface area contributed by atoms with Crippen LogP contribution in [0.1, 0.15) is 20.6 Å². The number of ether oxygens (including phenoxy) is 2. The van der Waals surface area contributed by atoms with Gasteiger partial charge in [-0.05, 0) is 63.0 Å². The number of anilines is 4. The molecule has 0 unspecified atom stereocenters. The zero-order chi connectivity index (χ0) is 64.8. The first kappa shape index (κ1) is 34.8. The third-order valence-electron chi connectivity index (χ3n) is 13.5. The maximum absolute atomic E-state index is 9.11. The molecule has 3 heterocycles.